The van der Waals surface area contributed by atoms with E-state index in [1.807, 2.05) is 12.3 Å². The standard InChI is InChI=1S/C33H20INS/c34-29-14-11-23(12-15-29)26-10-8-24-7-9-25(18-28(24)19-26)21-3-5-22(6-4-21)27-13-16-32-31(20-27)30-2-1-17-35-33(30)36-32/h1-20H. The predicted molar refractivity (Wildman–Crippen MR) is 164 cm³/mol. The number of hydrogen-bond donors (Lipinski definition) is 0. The molecule has 0 bridgehead atoms. The monoisotopic (exact) mass is 589 g/mol. The van der Waals surface area contributed by atoms with Crippen LogP contribution in [0.3, 0.4) is 0 Å². The first-order valence-corrected chi connectivity index (χ1v) is 13.8. The summed E-state index contributed by atoms with van der Waals surface area (Å²) in [6.07, 6.45) is 1.87. The van der Waals surface area contributed by atoms with E-state index in [1.54, 1.807) is 11.3 Å². The molecule has 36 heavy (non-hydrogen) atoms. The molecule has 0 spiro atoms. The summed E-state index contributed by atoms with van der Waals surface area (Å²) in [5.41, 5.74) is 7.42. The van der Waals surface area contributed by atoms with Gasteiger partial charge in [-0.3, -0.25) is 0 Å². The van der Waals surface area contributed by atoms with Gasteiger partial charge in [-0.05, 0) is 115 Å². The second-order valence-electron chi connectivity index (χ2n) is 9.03. The minimum Gasteiger partial charge on any atom is -0.245 e. The zero-order valence-corrected chi connectivity index (χ0v) is 22.3. The molecule has 7 aromatic rings. The van der Waals surface area contributed by atoms with Crippen LogP contribution in [-0.4, -0.2) is 4.98 Å². The van der Waals surface area contributed by atoms with Gasteiger partial charge in [0, 0.05) is 25.2 Å². The Morgan fingerprint density at radius 1 is 0.500 bits per heavy atom. The first kappa shape index (κ1) is 21.7. The quantitative estimate of drug-likeness (QED) is 0.187. The normalized spacial score (nSPS) is 11.5. The first-order valence-electron chi connectivity index (χ1n) is 11.9. The van der Waals surface area contributed by atoms with Crippen LogP contribution in [-0.2, 0) is 0 Å². The lowest BCUT2D eigenvalue weighted by Gasteiger charge is -2.09. The lowest BCUT2D eigenvalue weighted by atomic mass is 9.96. The summed E-state index contributed by atoms with van der Waals surface area (Å²) in [5.74, 6) is 0. The summed E-state index contributed by atoms with van der Waals surface area (Å²) in [6.45, 7) is 0. The smallest absolute Gasteiger partial charge is 0.124 e. The maximum atomic E-state index is 4.53. The molecular formula is C33H20INS. The highest BCUT2D eigenvalue weighted by molar-refractivity contribution is 14.1. The average Bonchev–Trinajstić information content (AvgIpc) is 3.31. The molecule has 0 amide bonds. The Morgan fingerprint density at radius 2 is 1.06 bits per heavy atom. The van der Waals surface area contributed by atoms with Crippen LogP contribution >= 0.6 is 33.9 Å². The highest BCUT2D eigenvalue weighted by atomic mass is 127. The summed E-state index contributed by atoms with van der Waals surface area (Å²) in [5, 5.41) is 5.03. The molecule has 1 nitrogen and oxygen atoms in total. The summed E-state index contributed by atoms with van der Waals surface area (Å²) in [4.78, 5) is 5.63. The molecule has 2 heterocycles. The van der Waals surface area contributed by atoms with Crippen molar-refractivity contribution in [3.05, 3.63) is 125 Å². The molecule has 0 fully saturated rings. The van der Waals surface area contributed by atoms with Crippen molar-refractivity contribution in [1.82, 2.24) is 4.98 Å². The van der Waals surface area contributed by atoms with Crippen molar-refractivity contribution in [1.29, 1.82) is 0 Å². The van der Waals surface area contributed by atoms with E-state index in [4.69, 9.17) is 0 Å². The molecule has 0 unspecified atom stereocenters. The lowest BCUT2D eigenvalue weighted by molar-refractivity contribution is 1.45. The second-order valence-corrected chi connectivity index (χ2v) is 11.3. The molecule has 3 heteroatoms. The largest absolute Gasteiger partial charge is 0.245 e. The Bertz CT molecular complexity index is 1880. The molecule has 0 aliphatic rings. The molecule has 0 saturated heterocycles. The number of benzene rings is 5. The molecule has 0 N–H and O–H groups in total. The number of fused-ring (bicyclic) bond motifs is 4. The van der Waals surface area contributed by atoms with Crippen molar-refractivity contribution >= 4 is 65.0 Å². The highest BCUT2D eigenvalue weighted by Gasteiger charge is 2.08. The van der Waals surface area contributed by atoms with Gasteiger partial charge in [0.1, 0.15) is 4.83 Å². The third kappa shape index (κ3) is 3.89. The van der Waals surface area contributed by atoms with E-state index in [1.165, 1.54) is 63.2 Å². The van der Waals surface area contributed by atoms with E-state index in [0.29, 0.717) is 0 Å². The summed E-state index contributed by atoms with van der Waals surface area (Å²) in [6, 6.07) is 42.0. The van der Waals surface area contributed by atoms with Gasteiger partial charge in [-0.2, -0.15) is 0 Å². The fourth-order valence-electron chi connectivity index (χ4n) is 4.89. The van der Waals surface area contributed by atoms with Crippen LogP contribution in [0.1, 0.15) is 0 Å². The second kappa shape index (κ2) is 8.84. The fraction of sp³-hybridized carbons (Fsp3) is 0. The van der Waals surface area contributed by atoms with Gasteiger partial charge in [0.2, 0.25) is 0 Å². The zero-order valence-electron chi connectivity index (χ0n) is 19.3. The molecule has 0 aliphatic carbocycles. The minimum atomic E-state index is 1.10. The van der Waals surface area contributed by atoms with Gasteiger partial charge in [0.05, 0.1) is 0 Å². The molecule has 2 aromatic heterocycles. The topological polar surface area (TPSA) is 12.9 Å². The third-order valence-electron chi connectivity index (χ3n) is 6.82. The summed E-state index contributed by atoms with van der Waals surface area (Å²) < 4.78 is 2.54. The molecule has 0 saturated carbocycles. The maximum absolute atomic E-state index is 4.53. The van der Waals surface area contributed by atoms with Crippen molar-refractivity contribution in [2.45, 2.75) is 0 Å². The summed E-state index contributed by atoms with van der Waals surface area (Å²) >= 11 is 4.11. The van der Waals surface area contributed by atoms with Crippen LogP contribution in [0, 0.1) is 3.57 Å². The van der Waals surface area contributed by atoms with Crippen LogP contribution in [0.15, 0.2) is 121 Å². The van der Waals surface area contributed by atoms with Gasteiger partial charge < -0.3 is 0 Å². The van der Waals surface area contributed by atoms with E-state index in [0.717, 1.165) is 4.83 Å². The number of thiophene rings is 1. The van der Waals surface area contributed by atoms with Crippen molar-refractivity contribution in [3.8, 4) is 33.4 Å². The van der Waals surface area contributed by atoms with Crippen molar-refractivity contribution in [3.63, 3.8) is 0 Å². The highest BCUT2D eigenvalue weighted by Crippen LogP contribution is 2.36. The first-order chi connectivity index (χ1) is 17.7. The molecule has 170 valence electrons. The van der Waals surface area contributed by atoms with Crippen molar-refractivity contribution < 1.29 is 0 Å². The lowest BCUT2D eigenvalue weighted by Crippen LogP contribution is -1.83. The number of hydrogen-bond acceptors (Lipinski definition) is 2. The zero-order chi connectivity index (χ0) is 24.1. The molecule has 7 rings (SSSR count). The average molecular weight is 590 g/mol. The maximum Gasteiger partial charge on any atom is 0.124 e. The molecular weight excluding hydrogens is 569 g/mol. The fourth-order valence-corrected chi connectivity index (χ4v) is 6.28. The minimum absolute atomic E-state index is 1.10. The van der Waals surface area contributed by atoms with Gasteiger partial charge in [0.25, 0.3) is 0 Å². The van der Waals surface area contributed by atoms with E-state index < -0.39 is 0 Å². The van der Waals surface area contributed by atoms with Crippen molar-refractivity contribution in [2.24, 2.45) is 0 Å². The van der Waals surface area contributed by atoms with Crippen LogP contribution in [0.2, 0.25) is 0 Å². The van der Waals surface area contributed by atoms with Crippen LogP contribution in [0.4, 0.5) is 0 Å². The SMILES string of the molecule is Ic1ccc(-c2ccc3ccc(-c4ccc(-c5ccc6sc7ncccc7c6c5)cc4)cc3c2)cc1. The molecule has 0 radical (unpaired) electrons. The van der Waals surface area contributed by atoms with Gasteiger partial charge in [-0.15, -0.1) is 11.3 Å². The predicted octanol–water partition coefficient (Wildman–Crippen LogP) is 10.2. The van der Waals surface area contributed by atoms with Gasteiger partial charge in [-0.25, -0.2) is 4.98 Å². The van der Waals surface area contributed by atoms with Gasteiger partial charge in [0.15, 0.2) is 0 Å². The third-order valence-corrected chi connectivity index (χ3v) is 8.63. The number of aromatic nitrogens is 1. The number of rotatable bonds is 3. The number of halogens is 1. The summed E-state index contributed by atoms with van der Waals surface area (Å²) in [7, 11) is 0. The molecule has 5 aromatic carbocycles. The van der Waals surface area contributed by atoms with E-state index in [9.17, 15) is 0 Å². The Kier molecular flexibility index (Phi) is 5.33. The van der Waals surface area contributed by atoms with E-state index in [2.05, 4.69) is 137 Å². The number of pyridine rings is 1. The van der Waals surface area contributed by atoms with Gasteiger partial charge >= 0.3 is 0 Å². The van der Waals surface area contributed by atoms with Crippen LogP contribution < -0.4 is 0 Å². The Hall–Kier alpha value is -3.54. The Balaban J connectivity index is 1.23. The van der Waals surface area contributed by atoms with E-state index >= 15 is 0 Å². The van der Waals surface area contributed by atoms with Crippen LogP contribution in [0.5, 0.6) is 0 Å². The Labute approximate surface area is 227 Å². The van der Waals surface area contributed by atoms with Crippen molar-refractivity contribution in [2.75, 3.05) is 0 Å². The van der Waals surface area contributed by atoms with E-state index in [-0.39, 0.29) is 0 Å². The Morgan fingerprint density at radius 3 is 1.72 bits per heavy atom. The van der Waals surface area contributed by atoms with Gasteiger partial charge in [-0.1, -0.05) is 66.7 Å². The molecule has 0 atom stereocenters. The number of nitrogens with zero attached hydrogens (tertiary/aromatic N) is 1. The van der Waals surface area contributed by atoms with Crippen LogP contribution in [0.25, 0.3) is 64.5 Å². The molecule has 0 aliphatic heterocycles.